The van der Waals surface area contributed by atoms with Crippen molar-refractivity contribution in [3.63, 3.8) is 0 Å². The molecule has 4 rings (SSSR count). The van der Waals surface area contributed by atoms with Gasteiger partial charge in [-0.25, -0.2) is 9.37 Å². The highest BCUT2D eigenvalue weighted by atomic mass is 19.1. The second-order valence-electron chi connectivity index (χ2n) is 5.96. The van der Waals surface area contributed by atoms with Gasteiger partial charge in [0.1, 0.15) is 17.9 Å². The van der Waals surface area contributed by atoms with Crippen LogP contribution in [0.5, 0.6) is 0 Å². The largest absolute Gasteiger partial charge is 0.338 e. The van der Waals surface area contributed by atoms with Crippen molar-refractivity contribution in [2.75, 3.05) is 0 Å². The number of hydrogen-bond acceptors (Lipinski definition) is 2. The summed E-state index contributed by atoms with van der Waals surface area (Å²) in [5.41, 5.74) is 4.70. The molecule has 4 aromatic rings. The van der Waals surface area contributed by atoms with Gasteiger partial charge in [-0.2, -0.15) is 0 Å². The topological polar surface area (TPSA) is 45.8 Å². The van der Waals surface area contributed by atoms with Gasteiger partial charge >= 0.3 is 0 Å². The highest BCUT2D eigenvalue weighted by molar-refractivity contribution is 5.81. The number of carbonyl (C=O) groups is 1. The predicted octanol–water partition coefficient (Wildman–Crippen LogP) is 4.77. The molecule has 3 aromatic carbocycles. The van der Waals surface area contributed by atoms with Crippen LogP contribution in [0, 0.1) is 5.82 Å². The summed E-state index contributed by atoms with van der Waals surface area (Å²) >= 11 is 0. The van der Waals surface area contributed by atoms with Gasteiger partial charge in [-0.3, -0.25) is 4.79 Å². The van der Waals surface area contributed by atoms with Gasteiger partial charge < -0.3 is 4.98 Å². The Hall–Kier alpha value is -3.27. The zero-order chi connectivity index (χ0) is 17.2. The minimum atomic E-state index is -0.465. The molecule has 3 nitrogen and oxygen atoms in total. The minimum absolute atomic E-state index is 0.308. The van der Waals surface area contributed by atoms with E-state index in [-0.39, 0.29) is 0 Å². The van der Waals surface area contributed by atoms with Gasteiger partial charge in [0.25, 0.3) is 0 Å². The van der Waals surface area contributed by atoms with Gasteiger partial charge in [-0.1, -0.05) is 42.5 Å². The van der Waals surface area contributed by atoms with Gasteiger partial charge in [0.2, 0.25) is 0 Å². The lowest BCUT2D eigenvalue weighted by atomic mass is 10.0. The number of fused-ring (bicyclic) bond motifs is 1. The number of aldehydes is 1. The molecule has 0 saturated heterocycles. The summed E-state index contributed by atoms with van der Waals surface area (Å²) in [6.45, 7) is 0. The number of hydrogen-bond donors (Lipinski definition) is 1. The first-order valence-corrected chi connectivity index (χ1v) is 8.00. The molecule has 4 heteroatoms. The molecule has 0 radical (unpaired) electrons. The molecule has 0 spiro atoms. The fourth-order valence-corrected chi connectivity index (χ4v) is 2.92. The number of benzene rings is 3. The molecule has 1 N–H and O–H groups in total. The van der Waals surface area contributed by atoms with E-state index in [9.17, 15) is 9.18 Å². The number of carbonyl (C=O) groups excluding carboxylic acids is 1. The van der Waals surface area contributed by atoms with Gasteiger partial charge in [0, 0.05) is 5.56 Å². The van der Waals surface area contributed by atoms with Crippen molar-refractivity contribution < 1.29 is 9.18 Å². The lowest BCUT2D eigenvalue weighted by Crippen LogP contribution is -1.89. The van der Waals surface area contributed by atoms with Crippen LogP contribution in [0.15, 0.2) is 66.7 Å². The van der Waals surface area contributed by atoms with Crippen LogP contribution in [0.2, 0.25) is 0 Å². The van der Waals surface area contributed by atoms with Crippen LogP contribution >= 0.6 is 0 Å². The number of imidazole rings is 1. The molecule has 0 saturated carbocycles. The summed E-state index contributed by atoms with van der Waals surface area (Å²) in [5, 5.41) is 0. The van der Waals surface area contributed by atoms with E-state index in [1.165, 1.54) is 11.6 Å². The third kappa shape index (κ3) is 3.06. The highest BCUT2D eigenvalue weighted by Crippen LogP contribution is 2.25. The molecule has 1 aromatic heterocycles. The molecule has 0 amide bonds. The van der Waals surface area contributed by atoms with Crippen LogP contribution in [0.4, 0.5) is 4.39 Å². The van der Waals surface area contributed by atoms with Crippen molar-refractivity contribution in [3.05, 3.63) is 89.2 Å². The molecule has 0 bridgehead atoms. The number of aromatic amines is 1. The van der Waals surface area contributed by atoms with Crippen LogP contribution in [-0.4, -0.2) is 16.3 Å². The summed E-state index contributed by atoms with van der Waals surface area (Å²) in [6, 6.07) is 20.6. The smallest absolute Gasteiger partial charge is 0.150 e. The number of aromatic nitrogens is 2. The van der Waals surface area contributed by atoms with Crippen LogP contribution in [-0.2, 0) is 6.42 Å². The molecular formula is C21H15FN2O. The van der Waals surface area contributed by atoms with Crippen LogP contribution < -0.4 is 0 Å². The lowest BCUT2D eigenvalue weighted by Gasteiger charge is -2.01. The van der Waals surface area contributed by atoms with E-state index in [1.54, 1.807) is 12.1 Å². The molecule has 0 aliphatic carbocycles. The molecular weight excluding hydrogens is 315 g/mol. The van der Waals surface area contributed by atoms with E-state index in [2.05, 4.69) is 22.1 Å². The van der Waals surface area contributed by atoms with Crippen molar-refractivity contribution in [3.8, 4) is 11.4 Å². The van der Waals surface area contributed by atoms with Gasteiger partial charge in [-0.05, 0) is 41.8 Å². The Kier molecular flexibility index (Phi) is 3.86. The maximum absolute atomic E-state index is 14.2. The maximum Gasteiger partial charge on any atom is 0.150 e. The normalized spacial score (nSPS) is 10.9. The molecule has 0 aliphatic rings. The molecule has 0 atom stereocenters. The SMILES string of the molecule is O=Cc1ccc(-c2nc3ccc(Cc4ccccc4)cc3[nH]2)c(F)c1. The fraction of sp³-hybridized carbons (Fsp3) is 0.0476. The summed E-state index contributed by atoms with van der Waals surface area (Å²) in [6.07, 6.45) is 1.45. The highest BCUT2D eigenvalue weighted by Gasteiger charge is 2.11. The predicted molar refractivity (Wildman–Crippen MR) is 96.1 cm³/mol. The maximum atomic E-state index is 14.2. The lowest BCUT2D eigenvalue weighted by molar-refractivity contribution is 0.112. The van der Waals surface area contributed by atoms with Crippen molar-refractivity contribution in [2.45, 2.75) is 6.42 Å². The zero-order valence-electron chi connectivity index (χ0n) is 13.4. The van der Waals surface area contributed by atoms with E-state index < -0.39 is 5.82 Å². The van der Waals surface area contributed by atoms with Crippen molar-refractivity contribution in [1.82, 2.24) is 9.97 Å². The molecule has 1 heterocycles. The first kappa shape index (κ1) is 15.3. The average molecular weight is 330 g/mol. The number of halogens is 1. The average Bonchev–Trinajstić information content (AvgIpc) is 3.05. The van der Waals surface area contributed by atoms with Gasteiger partial charge in [0.05, 0.1) is 16.6 Å². The zero-order valence-corrected chi connectivity index (χ0v) is 13.4. The Balaban J connectivity index is 1.70. The molecule has 0 fully saturated rings. The van der Waals surface area contributed by atoms with Crippen molar-refractivity contribution in [1.29, 1.82) is 0 Å². The van der Waals surface area contributed by atoms with E-state index in [4.69, 9.17) is 0 Å². The quantitative estimate of drug-likeness (QED) is 0.548. The molecule has 25 heavy (non-hydrogen) atoms. The molecule has 122 valence electrons. The Morgan fingerprint density at radius 1 is 0.960 bits per heavy atom. The van der Waals surface area contributed by atoms with E-state index in [0.29, 0.717) is 23.2 Å². The van der Waals surface area contributed by atoms with E-state index in [0.717, 1.165) is 23.0 Å². The summed E-state index contributed by atoms with van der Waals surface area (Å²) in [4.78, 5) is 18.4. The van der Waals surface area contributed by atoms with Crippen LogP contribution in [0.1, 0.15) is 21.5 Å². The first-order valence-electron chi connectivity index (χ1n) is 8.00. The van der Waals surface area contributed by atoms with Crippen molar-refractivity contribution >= 4 is 17.3 Å². The van der Waals surface area contributed by atoms with Gasteiger partial charge in [0.15, 0.2) is 0 Å². The van der Waals surface area contributed by atoms with Crippen LogP contribution in [0.25, 0.3) is 22.4 Å². The summed E-state index contributed by atoms with van der Waals surface area (Å²) in [7, 11) is 0. The number of nitrogens with zero attached hydrogens (tertiary/aromatic N) is 1. The van der Waals surface area contributed by atoms with Gasteiger partial charge in [-0.15, -0.1) is 0 Å². The fourth-order valence-electron chi connectivity index (χ4n) is 2.92. The third-order valence-electron chi connectivity index (χ3n) is 4.18. The Morgan fingerprint density at radius 3 is 2.56 bits per heavy atom. The minimum Gasteiger partial charge on any atom is -0.338 e. The second-order valence-corrected chi connectivity index (χ2v) is 5.96. The first-order chi connectivity index (χ1) is 12.2. The third-order valence-corrected chi connectivity index (χ3v) is 4.18. The van der Waals surface area contributed by atoms with E-state index >= 15 is 0 Å². The number of rotatable bonds is 4. The standard InChI is InChI=1S/C21H15FN2O/c22-18-11-16(13-25)6-8-17(18)21-23-19-9-7-15(12-20(19)24-21)10-14-4-2-1-3-5-14/h1-9,11-13H,10H2,(H,23,24). The molecule has 0 unspecified atom stereocenters. The van der Waals surface area contributed by atoms with Crippen LogP contribution in [0.3, 0.4) is 0 Å². The van der Waals surface area contributed by atoms with Crippen molar-refractivity contribution in [2.24, 2.45) is 0 Å². The Bertz CT molecular complexity index is 1050. The van der Waals surface area contributed by atoms with E-state index in [1.807, 2.05) is 36.4 Å². The number of nitrogens with one attached hydrogen (secondary N) is 1. The summed E-state index contributed by atoms with van der Waals surface area (Å²) < 4.78 is 14.2. The monoisotopic (exact) mass is 330 g/mol. The summed E-state index contributed by atoms with van der Waals surface area (Å²) in [5.74, 6) is -0.00465. The number of H-pyrrole nitrogens is 1. The molecule has 0 aliphatic heterocycles. The Morgan fingerprint density at radius 2 is 1.80 bits per heavy atom. The second kappa shape index (κ2) is 6.32. The Labute approximate surface area is 144 Å².